The summed E-state index contributed by atoms with van der Waals surface area (Å²) < 4.78 is 22.3. The van der Waals surface area contributed by atoms with Gasteiger partial charge >= 0.3 is 8.56 Å². The predicted molar refractivity (Wildman–Crippen MR) is 76.2 cm³/mol. The van der Waals surface area contributed by atoms with Gasteiger partial charge in [0.2, 0.25) is 0 Å². The van der Waals surface area contributed by atoms with Gasteiger partial charge < -0.3 is 18.3 Å². The highest BCUT2D eigenvalue weighted by Crippen LogP contribution is 2.23. The predicted octanol–water partition coefficient (Wildman–Crippen LogP) is 2.96. The second-order valence-corrected chi connectivity index (χ2v) is 7.85. The first-order chi connectivity index (χ1) is 8.74. The fraction of sp³-hybridized carbons (Fsp3) is 1.00. The molecular weight excluding hydrogens is 248 g/mol. The third-order valence-corrected chi connectivity index (χ3v) is 6.68. The van der Waals surface area contributed by atoms with Crippen molar-refractivity contribution in [2.24, 2.45) is 0 Å². The van der Waals surface area contributed by atoms with Gasteiger partial charge in [-0.25, -0.2) is 0 Å². The first kappa shape index (κ1) is 18.1. The average Bonchev–Trinajstić information content (AvgIpc) is 2.37. The minimum absolute atomic E-state index is 0.637. The lowest BCUT2D eigenvalue weighted by molar-refractivity contribution is 0.0852. The van der Waals surface area contributed by atoms with Gasteiger partial charge in [-0.15, -0.1) is 0 Å². The van der Waals surface area contributed by atoms with Crippen LogP contribution in [-0.2, 0) is 18.3 Å². The van der Waals surface area contributed by atoms with E-state index in [4.69, 9.17) is 18.3 Å². The Hall–Kier alpha value is 0.0569. The molecule has 0 aliphatic carbocycles. The smallest absolute Gasteiger partial charge is 0.338 e. The molecule has 0 bridgehead atoms. The Balaban J connectivity index is 4.34. The van der Waals surface area contributed by atoms with Crippen LogP contribution in [0.1, 0.15) is 33.1 Å². The topological polar surface area (TPSA) is 36.9 Å². The van der Waals surface area contributed by atoms with Crippen molar-refractivity contribution >= 4 is 8.56 Å². The van der Waals surface area contributed by atoms with E-state index in [1.54, 1.807) is 14.2 Å². The van der Waals surface area contributed by atoms with Gasteiger partial charge in [0, 0.05) is 14.2 Å². The highest BCUT2D eigenvalue weighted by Gasteiger charge is 2.35. The second kappa shape index (κ2) is 12.1. The van der Waals surface area contributed by atoms with Gasteiger partial charge in [-0.3, -0.25) is 0 Å². The molecule has 0 fully saturated rings. The molecule has 0 radical (unpaired) electrons. The fourth-order valence-electron chi connectivity index (χ4n) is 1.90. The zero-order valence-corrected chi connectivity index (χ0v) is 13.5. The zero-order chi connectivity index (χ0) is 13.7. The summed E-state index contributed by atoms with van der Waals surface area (Å²) in [5, 5.41) is 0. The van der Waals surface area contributed by atoms with Crippen LogP contribution < -0.4 is 0 Å². The molecular formula is C13H30O4Si. The summed E-state index contributed by atoms with van der Waals surface area (Å²) in [5.41, 5.74) is 0. The van der Waals surface area contributed by atoms with Crippen molar-refractivity contribution in [2.45, 2.75) is 45.2 Å². The highest BCUT2D eigenvalue weighted by atomic mass is 28.4. The van der Waals surface area contributed by atoms with Gasteiger partial charge in [-0.1, -0.05) is 33.1 Å². The molecule has 0 atom stereocenters. The summed E-state index contributed by atoms with van der Waals surface area (Å²) in [7, 11) is 1.35. The van der Waals surface area contributed by atoms with Crippen LogP contribution in [0, 0.1) is 0 Å². The summed E-state index contributed by atoms with van der Waals surface area (Å²) >= 11 is 0. The van der Waals surface area contributed by atoms with Crippen molar-refractivity contribution in [3.8, 4) is 0 Å². The lowest BCUT2D eigenvalue weighted by Crippen LogP contribution is -2.43. The zero-order valence-electron chi connectivity index (χ0n) is 12.5. The first-order valence-electron chi connectivity index (χ1n) is 7.00. The molecule has 0 aromatic heterocycles. The van der Waals surface area contributed by atoms with E-state index in [1.165, 1.54) is 12.8 Å². The Morgan fingerprint density at radius 1 is 0.722 bits per heavy atom. The molecule has 18 heavy (non-hydrogen) atoms. The Bertz CT molecular complexity index is 168. The molecule has 0 aromatic carbocycles. The van der Waals surface area contributed by atoms with Crippen molar-refractivity contribution in [3.63, 3.8) is 0 Å². The van der Waals surface area contributed by atoms with Crippen LogP contribution in [0.15, 0.2) is 0 Å². The molecule has 0 spiro atoms. The van der Waals surface area contributed by atoms with Gasteiger partial charge in [0.05, 0.1) is 26.4 Å². The van der Waals surface area contributed by atoms with Crippen LogP contribution >= 0.6 is 0 Å². The fourth-order valence-corrected chi connectivity index (χ4v) is 5.38. The van der Waals surface area contributed by atoms with Crippen LogP contribution in [0.25, 0.3) is 0 Å². The van der Waals surface area contributed by atoms with Crippen LogP contribution in [0.2, 0.25) is 12.1 Å². The molecule has 0 rings (SSSR count). The van der Waals surface area contributed by atoms with Gasteiger partial charge in [0.15, 0.2) is 0 Å². The van der Waals surface area contributed by atoms with Crippen molar-refractivity contribution in [1.82, 2.24) is 0 Å². The van der Waals surface area contributed by atoms with E-state index in [1.807, 2.05) is 0 Å². The summed E-state index contributed by atoms with van der Waals surface area (Å²) in [6.07, 6.45) is 3.46. The van der Waals surface area contributed by atoms with Crippen LogP contribution in [0.5, 0.6) is 0 Å². The third kappa shape index (κ3) is 8.21. The van der Waals surface area contributed by atoms with Crippen molar-refractivity contribution in [3.05, 3.63) is 0 Å². The molecule has 0 unspecified atom stereocenters. The summed E-state index contributed by atoms with van der Waals surface area (Å²) in [6.45, 7) is 6.94. The van der Waals surface area contributed by atoms with Crippen LogP contribution in [-0.4, -0.2) is 49.2 Å². The van der Waals surface area contributed by atoms with Gasteiger partial charge in [-0.2, -0.15) is 0 Å². The van der Waals surface area contributed by atoms with E-state index in [0.717, 1.165) is 18.5 Å². The minimum atomic E-state index is -2.05. The molecule has 0 saturated carbocycles. The molecule has 5 heteroatoms. The molecule has 0 N–H and O–H groups in total. The maximum atomic E-state index is 6.10. The monoisotopic (exact) mass is 278 g/mol. The molecule has 0 heterocycles. The molecule has 0 amide bonds. The SMILES string of the molecule is CCCC[Si](CCC)(OCCOC)OCCOC. The molecule has 0 aliphatic heterocycles. The number of methoxy groups -OCH3 is 2. The summed E-state index contributed by atoms with van der Waals surface area (Å²) in [4.78, 5) is 0. The van der Waals surface area contributed by atoms with Crippen molar-refractivity contribution < 1.29 is 18.3 Å². The normalized spacial score (nSPS) is 12.0. The van der Waals surface area contributed by atoms with Crippen molar-refractivity contribution in [2.75, 3.05) is 40.6 Å². The largest absolute Gasteiger partial charge is 0.392 e. The number of unbranched alkanes of at least 4 members (excludes halogenated alkanes) is 1. The first-order valence-corrected chi connectivity index (χ1v) is 9.23. The third-order valence-electron chi connectivity index (χ3n) is 2.85. The van der Waals surface area contributed by atoms with Crippen LogP contribution in [0.4, 0.5) is 0 Å². The van der Waals surface area contributed by atoms with E-state index in [2.05, 4.69) is 13.8 Å². The standard InChI is InChI=1S/C13H30O4Si/c1-5-7-13-18(12-6-2,16-10-8-14-3)17-11-9-15-4/h5-13H2,1-4H3. The summed E-state index contributed by atoms with van der Waals surface area (Å²) in [5.74, 6) is 0. The van der Waals surface area contributed by atoms with E-state index in [-0.39, 0.29) is 0 Å². The molecule has 0 saturated heterocycles. The Morgan fingerprint density at radius 2 is 1.28 bits per heavy atom. The lowest BCUT2D eigenvalue weighted by atomic mass is 10.4. The van der Waals surface area contributed by atoms with Gasteiger partial charge in [-0.05, 0) is 12.1 Å². The van der Waals surface area contributed by atoms with E-state index < -0.39 is 8.56 Å². The average molecular weight is 278 g/mol. The maximum Gasteiger partial charge on any atom is 0.338 e. The Labute approximate surface area is 113 Å². The van der Waals surface area contributed by atoms with E-state index in [9.17, 15) is 0 Å². The second-order valence-electron chi connectivity index (χ2n) is 4.45. The van der Waals surface area contributed by atoms with Crippen LogP contribution in [0.3, 0.4) is 0 Å². The van der Waals surface area contributed by atoms with E-state index in [0.29, 0.717) is 26.4 Å². The van der Waals surface area contributed by atoms with Crippen molar-refractivity contribution in [1.29, 1.82) is 0 Å². The highest BCUT2D eigenvalue weighted by molar-refractivity contribution is 6.67. The van der Waals surface area contributed by atoms with Gasteiger partial charge in [0.1, 0.15) is 0 Å². The summed E-state index contributed by atoms with van der Waals surface area (Å²) in [6, 6.07) is 2.13. The van der Waals surface area contributed by atoms with E-state index >= 15 is 0 Å². The Kier molecular flexibility index (Phi) is 12.1. The molecule has 110 valence electrons. The lowest BCUT2D eigenvalue weighted by Gasteiger charge is -2.30. The number of hydrogen-bond acceptors (Lipinski definition) is 4. The molecule has 4 nitrogen and oxygen atoms in total. The Morgan fingerprint density at radius 3 is 1.67 bits per heavy atom. The van der Waals surface area contributed by atoms with Gasteiger partial charge in [0.25, 0.3) is 0 Å². The molecule has 0 aliphatic rings. The number of hydrogen-bond donors (Lipinski definition) is 0. The minimum Gasteiger partial charge on any atom is -0.392 e. The maximum absolute atomic E-state index is 6.10. The molecule has 0 aromatic rings. The number of rotatable bonds is 13. The number of ether oxygens (including phenoxy) is 2. The quantitative estimate of drug-likeness (QED) is 0.383.